The summed E-state index contributed by atoms with van der Waals surface area (Å²) in [6.45, 7) is 4.35. The summed E-state index contributed by atoms with van der Waals surface area (Å²) in [5.74, 6) is 0.107. The largest absolute Gasteiger partial charge is 0.337 e. The first-order chi connectivity index (χ1) is 11.6. The van der Waals surface area contributed by atoms with E-state index in [2.05, 4.69) is 33.0 Å². The summed E-state index contributed by atoms with van der Waals surface area (Å²) >= 11 is 9.42. The molecular formula is C19H20BrClN2O. The molecule has 1 saturated heterocycles. The minimum absolute atomic E-state index is 0.107. The molecule has 0 aliphatic carbocycles. The van der Waals surface area contributed by atoms with Crippen LogP contribution in [0, 0.1) is 0 Å². The highest BCUT2D eigenvalue weighted by Crippen LogP contribution is 2.19. The Kier molecular flexibility index (Phi) is 5.93. The van der Waals surface area contributed by atoms with Crippen molar-refractivity contribution in [2.24, 2.45) is 0 Å². The van der Waals surface area contributed by atoms with Gasteiger partial charge in [-0.05, 0) is 52.2 Å². The Hall–Kier alpha value is -1.36. The number of hydrogen-bond donors (Lipinski definition) is 0. The molecular weight excluding hydrogens is 388 g/mol. The Bertz CT molecular complexity index is 705. The van der Waals surface area contributed by atoms with E-state index in [0.717, 1.165) is 54.2 Å². The first-order valence-electron chi connectivity index (χ1n) is 8.14. The molecule has 0 bridgehead atoms. The molecule has 1 aliphatic heterocycles. The van der Waals surface area contributed by atoms with Gasteiger partial charge in [-0.25, -0.2) is 0 Å². The molecule has 0 saturated carbocycles. The Morgan fingerprint density at radius 2 is 1.75 bits per heavy atom. The summed E-state index contributed by atoms with van der Waals surface area (Å²) in [6.07, 6.45) is 0.990. The summed E-state index contributed by atoms with van der Waals surface area (Å²) in [5.41, 5.74) is 1.99. The Morgan fingerprint density at radius 1 is 1.00 bits per heavy atom. The second-order valence-corrected chi connectivity index (χ2v) is 7.32. The van der Waals surface area contributed by atoms with Crippen molar-refractivity contribution in [3.8, 4) is 0 Å². The molecule has 2 aromatic carbocycles. The number of halogens is 2. The van der Waals surface area contributed by atoms with E-state index in [1.807, 2.05) is 41.3 Å². The van der Waals surface area contributed by atoms with Crippen LogP contribution < -0.4 is 0 Å². The number of amides is 1. The normalized spacial score (nSPS) is 16.0. The van der Waals surface area contributed by atoms with Gasteiger partial charge in [-0.15, -0.1) is 0 Å². The predicted molar refractivity (Wildman–Crippen MR) is 101 cm³/mol. The minimum atomic E-state index is 0.107. The molecule has 0 aromatic heterocycles. The van der Waals surface area contributed by atoms with Crippen molar-refractivity contribution in [2.75, 3.05) is 26.2 Å². The van der Waals surface area contributed by atoms with E-state index in [9.17, 15) is 4.79 Å². The Balaban J connectivity index is 1.61. The van der Waals surface area contributed by atoms with Crippen LogP contribution in [0.2, 0.25) is 5.02 Å². The average molecular weight is 408 g/mol. The second kappa shape index (κ2) is 8.15. The maximum Gasteiger partial charge on any atom is 0.255 e. The van der Waals surface area contributed by atoms with Gasteiger partial charge in [0.2, 0.25) is 0 Å². The molecule has 1 heterocycles. The fraction of sp³-hybridized carbons (Fsp3) is 0.316. The summed E-state index contributed by atoms with van der Waals surface area (Å²) in [4.78, 5) is 17.1. The van der Waals surface area contributed by atoms with E-state index in [4.69, 9.17) is 11.6 Å². The number of hydrogen-bond acceptors (Lipinski definition) is 2. The molecule has 1 amide bonds. The molecule has 2 aromatic rings. The lowest BCUT2D eigenvalue weighted by atomic mass is 10.2. The van der Waals surface area contributed by atoms with Gasteiger partial charge in [-0.2, -0.15) is 0 Å². The SMILES string of the molecule is O=C(c1ccccc1Br)N1CCCN(Cc2ccc(Cl)cc2)CC1. The van der Waals surface area contributed by atoms with Gasteiger partial charge in [0.25, 0.3) is 5.91 Å². The molecule has 0 unspecified atom stereocenters. The van der Waals surface area contributed by atoms with Crippen molar-refractivity contribution in [1.82, 2.24) is 9.80 Å². The summed E-state index contributed by atoms with van der Waals surface area (Å²) < 4.78 is 0.859. The molecule has 0 radical (unpaired) electrons. The number of rotatable bonds is 3. The van der Waals surface area contributed by atoms with Crippen LogP contribution in [-0.2, 0) is 6.54 Å². The maximum absolute atomic E-state index is 12.7. The van der Waals surface area contributed by atoms with Crippen molar-refractivity contribution in [2.45, 2.75) is 13.0 Å². The molecule has 126 valence electrons. The van der Waals surface area contributed by atoms with Crippen molar-refractivity contribution in [1.29, 1.82) is 0 Å². The highest BCUT2D eigenvalue weighted by molar-refractivity contribution is 9.10. The molecule has 3 rings (SSSR count). The first kappa shape index (κ1) is 17.5. The van der Waals surface area contributed by atoms with E-state index in [1.165, 1.54) is 5.56 Å². The van der Waals surface area contributed by atoms with Gasteiger partial charge >= 0.3 is 0 Å². The zero-order valence-electron chi connectivity index (χ0n) is 13.4. The topological polar surface area (TPSA) is 23.6 Å². The maximum atomic E-state index is 12.7. The molecule has 5 heteroatoms. The van der Waals surface area contributed by atoms with Crippen molar-refractivity contribution >= 4 is 33.4 Å². The summed E-state index contributed by atoms with van der Waals surface area (Å²) in [5, 5.41) is 0.764. The fourth-order valence-corrected chi connectivity index (χ4v) is 3.57. The van der Waals surface area contributed by atoms with Gasteiger partial charge < -0.3 is 4.90 Å². The lowest BCUT2D eigenvalue weighted by Gasteiger charge is -2.22. The quantitative estimate of drug-likeness (QED) is 0.750. The smallest absolute Gasteiger partial charge is 0.255 e. The van der Waals surface area contributed by atoms with E-state index < -0.39 is 0 Å². The van der Waals surface area contributed by atoms with Crippen LogP contribution in [0.5, 0.6) is 0 Å². The van der Waals surface area contributed by atoms with Crippen LogP contribution in [0.25, 0.3) is 0 Å². The summed E-state index contributed by atoms with van der Waals surface area (Å²) in [7, 11) is 0. The van der Waals surface area contributed by atoms with E-state index in [1.54, 1.807) is 0 Å². The molecule has 1 aliphatic rings. The fourth-order valence-electron chi connectivity index (χ4n) is 2.99. The van der Waals surface area contributed by atoms with Crippen molar-refractivity contribution in [3.63, 3.8) is 0 Å². The Labute approximate surface area is 156 Å². The second-order valence-electron chi connectivity index (χ2n) is 6.03. The summed E-state index contributed by atoms with van der Waals surface area (Å²) in [6, 6.07) is 15.6. The number of carbonyl (C=O) groups excluding carboxylic acids is 1. The Morgan fingerprint density at radius 3 is 2.50 bits per heavy atom. The highest BCUT2D eigenvalue weighted by Gasteiger charge is 2.21. The standard InChI is InChI=1S/C19H20BrClN2O/c20-18-5-2-1-4-17(18)19(24)23-11-3-10-22(12-13-23)14-15-6-8-16(21)9-7-15/h1-2,4-9H,3,10-14H2. The van der Waals surface area contributed by atoms with Crippen LogP contribution >= 0.6 is 27.5 Å². The molecule has 1 fully saturated rings. The minimum Gasteiger partial charge on any atom is -0.337 e. The van der Waals surface area contributed by atoms with Gasteiger partial charge in [-0.3, -0.25) is 9.69 Å². The van der Waals surface area contributed by atoms with E-state index in [0.29, 0.717) is 0 Å². The van der Waals surface area contributed by atoms with Gasteiger partial charge in [0.1, 0.15) is 0 Å². The third-order valence-electron chi connectivity index (χ3n) is 4.30. The molecule has 3 nitrogen and oxygen atoms in total. The average Bonchev–Trinajstić information content (AvgIpc) is 2.82. The molecule has 24 heavy (non-hydrogen) atoms. The van der Waals surface area contributed by atoms with Crippen molar-refractivity contribution < 1.29 is 4.79 Å². The van der Waals surface area contributed by atoms with Gasteiger partial charge in [0.05, 0.1) is 5.56 Å². The number of carbonyl (C=O) groups is 1. The predicted octanol–water partition coefficient (Wildman–Crippen LogP) is 4.45. The van der Waals surface area contributed by atoms with Crippen LogP contribution in [0.15, 0.2) is 53.0 Å². The van der Waals surface area contributed by atoms with Crippen LogP contribution in [0.3, 0.4) is 0 Å². The third-order valence-corrected chi connectivity index (χ3v) is 5.24. The number of nitrogens with zero attached hydrogens (tertiary/aromatic N) is 2. The van der Waals surface area contributed by atoms with Crippen LogP contribution in [0.4, 0.5) is 0 Å². The van der Waals surface area contributed by atoms with Crippen molar-refractivity contribution in [3.05, 3.63) is 69.2 Å². The van der Waals surface area contributed by atoms with Gasteiger partial charge in [0.15, 0.2) is 0 Å². The molecule has 0 atom stereocenters. The molecule has 0 N–H and O–H groups in total. The zero-order valence-corrected chi connectivity index (χ0v) is 15.8. The lowest BCUT2D eigenvalue weighted by molar-refractivity contribution is 0.0760. The monoisotopic (exact) mass is 406 g/mol. The van der Waals surface area contributed by atoms with Gasteiger partial charge in [-0.1, -0.05) is 35.9 Å². The first-order valence-corrected chi connectivity index (χ1v) is 9.31. The highest BCUT2D eigenvalue weighted by atomic mass is 79.9. The molecule has 0 spiro atoms. The number of benzene rings is 2. The van der Waals surface area contributed by atoms with Gasteiger partial charge in [0, 0.05) is 42.2 Å². The van der Waals surface area contributed by atoms with Crippen LogP contribution in [0.1, 0.15) is 22.3 Å². The third kappa shape index (κ3) is 4.38. The van der Waals surface area contributed by atoms with Crippen LogP contribution in [-0.4, -0.2) is 41.9 Å². The van der Waals surface area contributed by atoms with E-state index >= 15 is 0 Å². The lowest BCUT2D eigenvalue weighted by Crippen LogP contribution is -2.35. The zero-order chi connectivity index (χ0) is 16.9. The van der Waals surface area contributed by atoms with E-state index in [-0.39, 0.29) is 5.91 Å².